The Morgan fingerprint density at radius 1 is 1.38 bits per heavy atom. The van der Waals surface area contributed by atoms with Gasteiger partial charge in [0.05, 0.1) is 12.1 Å². The van der Waals surface area contributed by atoms with Gasteiger partial charge in [0.1, 0.15) is 12.3 Å². The number of carbonyl (C=O) groups excluding carboxylic acids is 1. The van der Waals surface area contributed by atoms with E-state index in [0.29, 0.717) is 11.2 Å². The highest BCUT2D eigenvalue weighted by Crippen LogP contribution is 2.19. The Morgan fingerprint density at radius 3 is 2.90 bits per heavy atom. The number of rotatable bonds is 6. The number of carbonyl (C=O) groups is 1. The maximum atomic E-state index is 11.9. The third kappa shape index (κ3) is 4.09. The van der Waals surface area contributed by atoms with Crippen molar-refractivity contribution in [3.63, 3.8) is 0 Å². The molecule has 5 nitrogen and oxygen atoms in total. The number of fused-ring (bicyclic) bond motifs is 1. The summed E-state index contributed by atoms with van der Waals surface area (Å²) in [6, 6.07) is 8.69. The Labute approximate surface area is 120 Å². The monoisotopic (exact) mass is 295 g/mol. The van der Waals surface area contributed by atoms with Gasteiger partial charge in [-0.05, 0) is 12.1 Å². The lowest BCUT2D eigenvalue weighted by Gasteiger charge is -2.08. The summed E-state index contributed by atoms with van der Waals surface area (Å²) in [6.07, 6.45) is -2.51. The number of halogens is 2. The summed E-state index contributed by atoms with van der Waals surface area (Å²) in [7, 11) is 0. The quantitative estimate of drug-likeness (QED) is 0.797. The number of pyridine rings is 1. The van der Waals surface area contributed by atoms with Gasteiger partial charge < -0.3 is 15.8 Å². The van der Waals surface area contributed by atoms with Gasteiger partial charge in [0, 0.05) is 17.6 Å². The smallest absolute Gasteiger partial charge is 0.270 e. The van der Waals surface area contributed by atoms with E-state index in [2.05, 4.69) is 15.0 Å². The minimum absolute atomic E-state index is 0.0130. The molecule has 1 amide bonds. The fourth-order valence-corrected chi connectivity index (χ4v) is 1.82. The molecule has 1 heterocycles. The van der Waals surface area contributed by atoms with Crippen LogP contribution in [0, 0.1) is 0 Å². The number of nitrogens with one attached hydrogen (secondary N) is 1. The van der Waals surface area contributed by atoms with Crippen molar-refractivity contribution in [3.8, 4) is 0 Å². The molecule has 1 aromatic heterocycles. The number of benzene rings is 1. The van der Waals surface area contributed by atoms with E-state index in [9.17, 15) is 13.6 Å². The van der Waals surface area contributed by atoms with Crippen LogP contribution in [-0.4, -0.2) is 37.1 Å². The Bertz CT molecular complexity index is 635. The highest BCUT2D eigenvalue weighted by atomic mass is 19.3. The number of nitrogen functional groups attached to an aromatic ring is 1. The molecule has 1 aromatic carbocycles. The van der Waals surface area contributed by atoms with Gasteiger partial charge in [0.15, 0.2) is 0 Å². The second kappa shape index (κ2) is 6.94. The third-order valence-electron chi connectivity index (χ3n) is 2.76. The zero-order valence-electron chi connectivity index (χ0n) is 11.2. The Morgan fingerprint density at radius 2 is 2.14 bits per heavy atom. The fourth-order valence-electron chi connectivity index (χ4n) is 1.82. The van der Waals surface area contributed by atoms with Crippen LogP contribution in [-0.2, 0) is 4.74 Å². The largest absolute Gasteiger partial charge is 0.398 e. The van der Waals surface area contributed by atoms with E-state index in [1.165, 1.54) is 6.07 Å². The summed E-state index contributed by atoms with van der Waals surface area (Å²) in [6.45, 7) is -0.504. The summed E-state index contributed by atoms with van der Waals surface area (Å²) in [4.78, 5) is 16.1. The Hall–Kier alpha value is -2.28. The molecule has 0 aliphatic carbocycles. The number of hydrogen-bond donors (Lipinski definition) is 2. The molecular formula is C14H15F2N3O2. The molecule has 112 valence electrons. The van der Waals surface area contributed by atoms with Gasteiger partial charge in [-0.3, -0.25) is 4.79 Å². The molecule has 0 aliphatic rings. The van der Waals surface area contributed by atoms with Crippen LogP contribution in [0.3, 0.4) is 0 Å². The molecule has 3 N–H and O–H groups in total. The van der Waals surface area contributed by atoms with E-state index < -0.39 is 18.9 Å². The van der Waals surface area contributed by atoms with Crippen molar-refractivity contribution < 1.29 is 18.3 Å². The molecule has 0 radical (unpaired) electrons. The van der Waals surface area contributed by atoms with Crippen LogP contribution in [0.15, 0.2) is 30.3 Å². The highest BCUT2D eigenvalue weighted by molar-refractivity contribution is 5.99. The number of nitrogens with two attached hydrogens (primary N) is 1. The second-order valence-electron chi connectivity index (χ2n) is 4.34. The molecule has 0 spiro atoms. The van der Waals surface area contributed by atoms with Crippen molar-refractivity contribution in [2.45, 2.75) is 6.43 Å². The number of hydrogen-bond acceptors (Lipinski definition) is 4. The van der Waals surface area contributed by atoms with Crippen LogP contribution in [0.5, 0.6) is 0 Å². The number of anilines is 1. The average Bonchev–Trinajstić information content (AvgIpc) is 2.46. The van der Waals surface area contributed by atoms with Crippen molar-refractivity contribution in [2.24, 2.45) is 0 Å². The SMILES string of the molecule is Nc1cc(C(=O)NCCOCC(F)F)nc2ccccc12. The first-order chi connectivity index (χ1) is 10.1. The van der Waals surface area contributed by atoms with Gasteiger partial charge in [-0.2, -0.15) is 0 Å². The number of alkyl halides is 2. The third-order valence-corrected chi connectivity index (χ3v) is 2.76. The van der Waals surface area contributed by atoms with Gasteiger partial charge in [-0.15, -0.1) is 0 Å². The zero-order valence-corrected chi connectivity index (χ0v) is 11.2. The van der Waals surface area contributed by atoms with E-state index in [1.54, 1.807) is 12.1 Å². The van der Waals surface area contributed by atoms with Gasteiger partial charge in [-0.1, -0.05) is 18.2 Å². The van der Waals surface area contributed by atoms with E-state index in [1.807, 2.05) is 12.1 Å². The standard InChI is InChI=1S/C14H15F2N3O2/c15-13(16)8-21-6-5-18-14(20)12-7-10(17)9-3-1-2-4-11(9)19-12/h1-4,7,13H,5-6,8H2,(H2,17,19)(H,18,20). The summed E-state index contributed by atoms with van der Waals surface area (Å²) in [5.74, 6) is -0.423. The maximum Gasteiger partial charge on any atom is 0.270 e. The number of ether oxygens (including phenoxy) is 1. The van der Waals surface area contributed by atoms with Crippen LogP contribution in [0.1, 0.15) is 10.5 Å². The van der Waals surface area contributed by atoms with Crippen LogP contribution in [0.4, 0.5) is 14.5 Å². The van der Waals surface area contributed by atoms with Crippen LogP contribution in [0.25, 0.3) is 10.9 Å². The van der Waals surface area contributed by atoms with E-state index in [-0.39, 0.29) is 18.8 Å². The molecule has 0 unspecified atom stereocenters. The summed E-state index contributed by atoms with van der Waals surface area (Å²) in [5.41, 5.74) is 7.14. The summed E-state index contributed by atoms with van der Waals surface area (Å²) >= 11 is 0. The lowest BCUT2D eigenvalue weighted by Crippen LogP contribution is -2.28. The molecule has 2 rings (SSSR count). The lowest BCUT2D eigenvalue weighted by atomic mass is 10.1. The summed E-state index contributed by atoms with van der Waals surface area (Å²) in [5, 5.41) is 3.31. The number of amides is 1. The van der Waals surface area contributed by atoms with Crippen LogP contribution >= 0.6 is 0 Å². The minimum Gasteiger partial charge on any atom is -0.398 e. The van der Waals surface area contributed by atoms with Gasteiger partial charge >= 0.3 is 0 Å². The van der Waals surface area contributed by atoms with Crippen molar-refractivity contribution in [3.05, 3.63) is 36.0 Å². The van der Waals surface area contributed by atoms with E-state index >= 15 is 0 Å². The van der Waals surface area contributed by atoms with Crippen molar-refractivity contribution in [1.29, 1.82) is 0 Å². The number of nitrogens with zero attached hydrogens (tertiary/aromatic N) is 1. The fraction of sp³-hybridized carbons (Fsp3) is 0.286. The van der Waals surface area contributed by atoms with Crippen molar-refractivity contribution in [1.82, 2.24) is 10.3 Å². The predicted molar refractivity (Wildman–Crippen MR) is 75.3 cm³/mol. The summed E-state index contributed by atoms with van der Waals surface area (Å²) < 4.78 is 28.3. The Kier molecular flexibility index (Phi) is 4.99. The molecule has 7 heteroatoms. The first kappa shape index (κ1) is 15.1. The van der Waals surface area contributed by atoms with Gasteiger partial charge in [0.2, 0.25) is 0 Å². The van der Waals surface area contributed by atoms with E-state index in [4.69, 9.17) is 5.73 Å². The number of para-hydroxylation sites is 1. The molecule has 0 saturated carbocycles. The molecule has 0 fully saturated rings. The predicted octanol–water partition coefficient (Wildman–Crippen LogP) is 1.83. The molecule has 0 atom stereocenters. The normalized spacial score (nSPS) is 11.0. The molecule has 2 aromatic rings. The minimum atomic E-state index is -2.51. The maximum absolute atomic E-state index is 11.9. The topological polar surface area (TPSA) is 77.2 Å². The van der Waals surface area contributed by atoms with Crippen LogP contribution < -0.4 is 11.1 Å². The first-order valence-electron chi connectivity index (χ1n) is 6.37. The molecule has 0 aliphatic heterocycles. The zero-order chi connectivity index (χ0) is 15.2. The highest BCUT2D eigenvalue weighted by Gasteiger charge is 2.10. The molecule has 21 heavy (non-hydrogen) atoms. The molecular weight excluding hydrogens is 280 g/mol. The lowest BCUT2D eigenvalue weighted by molar-refractivity contribution is 0.0188. The second-order valence-corrected chi connectivity index (χ2v) is 4.34. The molecule has 0 bridgehead atoms. The molecule has 0 saturated heterocycles. The van der Waals surface area contributed by atoms with E-state index in [0.717, 1.165) is 5.39 Å². The van der Waals surface area contributed by atoms with Gasteiger partial charge in [-0.25, -0.2) is 13.8 Å². The first-order valence-corrected chi connectivity index (χ1v) is 6.37. The average molecular weight is 295 g/mol. The van der Waals surface area contributed by atoms with Gasteiger partial charge in [0.25, 0.3) is 12.3 Å². The van der Waals surface area contributed by atoms with Crippen molar-refractivity contribution in [2.75, 3.05) is 25.5 Å². The van der Waals surface area contributed by atoms with Crippen molar-refractivity contribution >= 4 is 22.5 Å². The number of aromatic nitrogens is 1. The Balaban J connectivity index is 1.96. The van der Waals surface area contributed by atoms with Crippen LogP contribution in [0.2, 0.25) is 0 Å².